The van der Waals surface area contributed by atoms with Gasteiger partial charge >= 0.3 is 0 Å². The lowest BCUT2D eigenvalue weighted by atomic mass is 10.1. The summed E-state index contributed by atoms with van der Waals surface area (Å²) in [7, 11) is 0. The summed E-state index contributed by atoms with van der Waals surface area (Å²) in [6, 6.07) is 5.67. The molecule has 1 saturated heterocycles. The van der Waals surface area contributed by atoms with Crippen molar-refractivity contribution in [2.24, 2.45) is 5.92 Å². The molecule has 0 atom stereocenters. The third-order valence-electron chi connectivity index (χ3n) is 4.83. The number of ether oxygens (including phenoxy) is 2. The van der Waals surface area contributed by atoms with Gasteiger partial charge in [-0.05, 0) is 30.5 Å². The van der Waals surface area contributed by atoms with Crippen LogP contribution in [0.5, 0.6) is 11.5 Å². The van der Waals surface area contributed by atoms with Gasteiger partial charge in [0.15, 0.2) is 11.5 Å². The highest BCUT2D eigenvalue weighted by atomic mass is 16.6. The first-order valence-electron chi connectivity index (χ1n) is 8.66. The quantitative estimate of drug-likeness (QED) is 0.832. The van der Waals surface area contributed by atoms with Gasteiger partial charge in [0, 0.05) is 32.1 Å². The summed E-state index contributed by atoms with van der Waals surface area (Å²) in [5.74, 6) is 2.08. The van der Waals surface area contributed by atoms with Gasteiger partial charge in [-0.25, -0.2) is 0 Å². The molecule has 0 N–H and O–H groups in total. The summed E-state index contributed by atoms with van der Waals surface area (Å²) in [5.41, 5.74) is 0.931. The molecule has 2 aliphatic heterocycles. The largest absolute Gasteiger partial charge is 0.486 e. The van der Waals surface area contributed by atoms with Gasteiger partial charge in [-0.15, -0.1) is 0 Å². The molecule has 128 valence electrons. The molecule has 2 heterocycles. The number of carbonyl (C=O) groups is 2. The molecule has 4 rings (SSSR count). The Kier molecular flexibility index (Phi) is 4.04. The average molecular weight is 330 g/mol. The number of benzene rings is 1. The second-order valence-corrected chi connectivity index (χ2v) is 6.64. The van der Waals surface area contributed by atoms with Crippen molar-refractivity contribution in [2.75, 3.05) is 39.4 Å². The smallest absolute Gasteiger partial charge is 0.227 e. The molecule has 6 heteroatoms. The predicted octanol–water partition coefficient (Wildman–Crippen LogP) is 1.08. The fourth-order valence-electron chi connectivity index (χ4n) is 3.25. The summed E-state index contributed by atoms with van der Waals surface area (Å²) >= 11 is 0. The Morgan fingerprint density at radius 2 is 1.62 bits per heavy atom. The molecule has 1 aromatic carbocycles. The molecule has 0 bridgehead atoms. The lowest BCUT2D eigenvalue weighted by molar-refractivity contribution is -0.140. The highest BCUT2D eigenvalue weighted by Gasteiger charge is 2.35. The van der Waals surface area contributed by atoms with E-state index in [0.29, 0.717) is 51.6 Å². The Morgan fingerprint density at radius 1 is 0.958 bits per heavy atom. The van der Waals surface area contributed by atoms with Crippen molar-refractivity contribution < 1.29 is 19.1 Å². The van der Waals surface area contributed by atoms with E-state index >= 15 is 0 Å². The van der Waals surface area contributed by atoms with Crippen LogP contribution in [0.4, 0.5) is 0 Å². The number of piperazine rings is 1. The van der Waals surface area contributed by atoms with E-state index in [9.17, 15) is 9.59 Å². The van der Waals surface area contributed by atoms with Gasteiger partial charge in [-0.3, -0.25) is 9.59 Å². The van der Waals surface area contributed by atoms with Crippen LogP contribution in [0, 0.1) is 5.92 Å². The Labute approximate surface area is 141 Å². The summed E-state index contributed by atoms with van der Waals surface area (Å²) in [5, 5.41) is 0. The standard InChI is InChI=1S/C18H22N2O4/c21-17(12-13-1-4-15-16(11-13)24-10-9-23-15)19-5-7-20(8-6-19)18(22)14-2-3-14/h1,4,11,14H,2-3,5-10,12H2. The zero-order valence-corrected chi connectivity index (χ0v) is 13.7. The van der Waals surface area contributed by atoms with Crippen LogP contribution in [0.3, 0.4) is 0 Å². The second-order valence-electron chi connectivity index (χ2n) is 6.64. The molecule has 0 unspecified atom stereocenters. The van der Waals surface area contributed by atoms with Gasteiger partial charge in [-0.1, -0.05) is 6.07 Å². The number of fused-ring (bicyclic) bond motifs is 1. The molecule has 24 heavy (non-hydrogen) atoms. The van der Waals surface area contributed by atoms with Crippen molar-refractivity contribution >= 4 is 11.8 Å². The first-order valence-corrected chi connectivity index (χ1v) is 8.66. The van der Waals surface area contributed by atoms with Gasteiger partial charge in [0.05, 0.1) is 6.42 Å². The number of amides is 2. The van der Waals surface area contributed by atoms with E-state index in [1.807, 2.05) is 28.0 Å². The van der Waals surface area contributed by atoms with Crippen LogP contribution in [0.15, 0.2) is 18.2 Å². The van der Waals surface area contributed by atoms with Crippen molar-refractivity contribution in [1.29, 1.82) is 0 Å². The second kappa shape index (κ2) is 6.34. The zero-order valence-electron chi connectivity index (χ0n) is 13.7. The van der Waals surface area contributed by atoms with Crippen LogP contribution in [-0.4, -0.2) is 61.0 Å². The highest BCUT2D eigenvalue weighted by Crippen LogP contribution is 2.32. The Bertz CT molecular complexity index is 648. The van der Waals surface area contributed by atoms with E-state index in [1.54, 1.807) is 0 Å². The Morgan fingerprint density at radius 3 is 2.33 bits per heavy atom. The van der Waals surface area contributed by atoms with Crippen molar-refractivity contribution in [3.63, 3.8) is 0 Å². The van der Waals surface area contributed by atoms with E-state index in [0.717, 1.165) is 24.2 Å². The van der Waals surface area contributed by atoms with Crippen LogP contribution in [0.1, 0.15) is 18.4 Å². The van der Waals surface area contributed by atoms with Crippen molar-refractivity contribution in [1.82, 2.24) is 9.80 Å². The third-order valence-corrected chi connectivity index (χ3v) is 4.83. The molecule has 2 amide bonds. The lowest BCUT2D eigenvalue weighted by Gasteiger charge is -2.35. The Balaban J connectivity index is 1.32. The average Bonchev–Trinajstić information content (AvgIpc) is 3.46. The molecule has 1 aliphatic carbocycles. The molecule has 2 fully saturated rings. The Hall–Kier alpha value is -2.24. The van der Waals surface area contributed by atoms with Crippen LogP contribution in [0.25, 0.3) is 0 Å². The summed E-state index contributed by atoms with van der Waals surface area (Å²) < 4.78 is 11.1. The number of nitrogens with zero attached hydrogens (tertiary/aromatic N) is 2. The van der Waals surface area contributed by atoms with Crippen molar-refractivity contribution in [2.45, 2.75) is 19.3 Å². The predicted molar refractivity (Wildman–Crippen MR) is 87.0 cm³/mol. The van der Waals surface area contributed by atoms with Gasteiger partial charge in [0.25, 0.3) is 0 Å². The fourth-order valence-corrected chi connectivity index (χ4v) is 3.25. The molecule has 6 nitrogen and oxygen atoms in total. The first kappa shape index (κ1) is 15.3. The van der Waals surface area contributed by atoms with E-state index in [4.69, 9.17) is 9.47 Å². The number of rotatable bonds is 3. The molecule has 3 aliphatic rings. The number of hydrogen-bond acceptors (Lipinski definition) is 4. The maximum atomic E-state index is 12.5. The number of hydrogen-bond donors (Lipinski definition) is 0. The summed E-state index contributed by atoms with van der Waals surface area (Å²) in [6.07, 6.45) is 2.41. The zero-order chi connectivity index (χ0) is 16.5. The summed E-state index contributed by atoms with van der Waals surface area (Å²) in [4.78, 5) is 28.3. The van der Waals surface area contributed by atoms with E-state index < -0.39 is 0 Å². The molecular formula is C18H22N2O4. The fraction of sp³-hybridized carbons (Fsp3) is 0.556. The van der Waals surface area contributed by atoms with Gasteiger partial charge < -0.3 is 19.3 Å². The monoisotopic (exact) mass is 330 g/mol. The van der Waals surface area contributed by atoms with Crippen LogP contribution in [-0.2, 0) is 16.0 Å². The van der Waals surface area contributed by atoms with Gasteiger partial charge in [0.1, 0.15) is 13.2 Å². The van der Waals surface area contributed by atoms with Gasteiger partial charge in [0.2, 0.25) is 11.8 Å². The van der Waals surface area contributed by atoms with Crippen LogP contribution >= 0.6 is 0 Å². The van der Waals surface area contributed by atoms with Crippen LogP contribution < -0.4 is 9.47 Å². The summed E-state index contributed by atoms with van der Waals surface area (Å²) in [6.45, 7) is 3.67. The first-order chi connectivity index (χ1) is 11.7. The lowest BCUT2D eigenvalue weighted by Crippen LogP contribution is -2.51. The molecule has 0 spiro atoms. The minimum atomic E-state index is 0.102. The maximum Gasteiger partial charge on any atom is 0.227 e. The molecular weight excluding hydrogens is 308 g/mol. The van der Waals surface area contributed by atoms with E-state index in [2.05, 4.69) is 0 Å². The minimum Gasteiger partial charge on any atom is -0.486 e. The molecule has 1 saturated carbocycles. The molecule has 0 radical (unpaired) electrons. The van der Waals surface area contributed by atoms with E-state index in [-0.39, 0.29) is 17.7 Å². The highest BCUT2D eigenvalue weighted by molar-refractivity contribution is 5.82. The SMILES string of the molecule is O=C(Cc1ccc2c(c1)OCCO2)N1CCN(C(=O)C2CC2)CC1. The van der Waals surface area contributed by atoms with E-state index in [1.165, 1.54) is 0 Å². The minimum absolute atomic E-state index is 0.102. The van der Waals surface area contributed by atoms with Crippen molar-refractivity contribution in [3.05, 3.63) is 23.8 Å². The molecule has 1 aromatic rings. The van der Waals surface area contributed by atoms with Gasteiger partial charge in [-0.2, -0.15) is 0 Å². The topological polar surface area (TPSA) is 59.1 Å². The van der Waals surface area contributed by atoms with Crippen LogP contribution in [0.2, 0.25) is 0 Å². The normalized spacial score (nSPS) is 20.0. The third kappa shape index (κ3) is 3.18. The maximum absolute atomic E-state index is 12.5. The number of carbonyl (C=O) groups excluding carboxylic acids is 2. The van der Waals surface area contributed by atoms with Crippen molar-refractivity contribution in [3.8, 4) is 11.5 Å². The molecule has 0 aromatic heterocycles.